The van der Waals surface area contributed by atoms with Crippen LogP contribution in [0.15, 0.2) is 42.9 Å². The van der Waals surface area contributed by atoms with Gasteiger partial charge in [-0.1, -0.05) is 46.4 Å². The molecule has 0 unspecified atom stereocenters. The minimum absolute atomic E-state index is 0.0319. The first-order chi connectivity index (χ1) is 12.4. The van der Waals surface area contributed by atoms with Crippen LogP contribution in [0.4, 0.5) is 5.95 Å². The third-order valence-corrected chi connectivity index (χ3v) is 4.03. The van der Waals surface area contributed by atoms with E-state index in [0.717, 1.165) is 11.3 Å². The highest BCUT2D eigenvalue weighted by Crippen LogP contribution is 2.36. The summed E-state index contributed by atoms with van der Waals surface area (Å²) in [5.41, 5.74) is 1.57. The molecule has 0 radical (unpaired) electrons. The van der Waals surface area contributed by atoms with Crippen LogP contribution in [0.2, 0.25) is 5.02 Å². The van der Waals surface area contributed by atoms with Crippen molar-refractivity contribution in [1.82, 2.24) is 24.9 Å². The molecule has 0 aliphatic rings. The Morgan fingerprint density at radius 2 is 1.73 bits per heavy atom. The highest BCUT2D eigenvalue weighted by atomic mass is 35.6. The van der Waals surface area contributed by atoms with Gasteiger partial charge in [0.1, 0.15) is 0 Å². The van der Waals surface area contributed by atoms with Crippen molar-refractivity contribution >= 4 is 52.4 Å². The van der Waals surface area contributed by atoms with Gasteiger partial charge in [-0.15, -0.1) is 0 Å². The molecule has 1 N–H and O–H groups in total. The molecule has 6 nitrogen and oxygen atoms in total. The fourth-order valence-electron chi connectivity index (χ4n) is 2.07. The fraction of sp³-hybridized carbons (Fsp3) is 0.188. The fourth-order valence-corrected chi connectivity index (χ4v) is 2.45. The molecule has 0 saturated heterocycles. The van der Waals surface area contributed by atoms with Crippen LogP contribution in [0, 0.1) is 0 Å². The largest absolute Gasteiger partial charge is 0.354 e. The molecule has 3 rings (SSSR count). The molecule has 0 aliphatic carbocycles. The van der Waals surface area contributed by atoms with E-state index in [9.17, 15) is 0 Å². The average Bonchev–Trinajstić information content (AvgIpc) is 2.62. The quantitative estimate of drug-likeness (QED) is 0.603. The average molecular weight is 430 g/mol. The lowest BCUT2D eigenvalue weighted by atomic mass is 10.2. The Morgan fingerprint density at radius 1 is 0.962 bits per heavy atom. The first-order valence-electron chi connectivity index (χ1n) is 7.50. The van der Waals surface area contributed by atoms with Gasteiger partial charge in [-0.2, -0.15) is 9.97 Å². The Balaban J connectivity index is 1.84. The molecule has 2 aromatic heterocycles. The maximum atomic E-state index is 5.96. The first kappa shape index (κ1) is 19.0. The van der Waals surface area contributed by atoms with Crippen LogP contribution in [0.25, 0.3) is 11.4 Å². The molecule has 26 heavy (non-hydrogen) atoms. The third-order valence-electron chi connectivity index (χ3n) is 3.27. The van der Waals surface area contributed by atoms with Crippen molar-refractivity contribution in [2.75, 3.05) is 11.9 Å². The third kappa shape index (κ3) is 5.14. The number of nitrogens with one attached hydrogen (secondary N) is 1. The van der Waals surface area contributed by atoms with Crippen molar-refractivity contribution in [2.24, 2.45) is 0 Å². The number of nitrogens with zero attached hydrogens (tertiary/aromatic N) is 5. The molecule has 2 heterocycles. The van der Waals surface area contributed by atoms with Crippen LogP contribution in [-0.2, 0) is 10.2 Å². The molecule has 0 aliphatic heterocycles. The summed E-state index contributed by atoms with van der Waals surface area (Å²) < 4.78 is -1.77. The van der Waals surface area contributed by atoms with Crippen LogP contribution in [0.5, 0.6) is 0 Å². The molecule has 10 heteroatoms. The molecule has 134 valence electrons. The zero-order valence-corrected chi connectivity index (χ0v) is 16.2. The molecule has 3 aromatic rings. The van der Waals surface area contributed by atoms with Gasteiger partial charge in [-0.3, -0.25) is 9.97 Å². The van der Waals surface area contributed by atoms with Crippen molar-refractivity contribution in [3.05, 3.63) is 59.4 Å². The Kier molecular flexibility index (Phi) is 6.09. The van der Waals surface area contributed by atoms with E-state index in [0.29, 0.717) is 29.8 Å². The summed E-state index contributed by atoms with van der Waals surface area (Å²) in [6.07, 6.45) is 5.59. The molecule has 0 bridgehead atoms. The summed E-state index contributed by atoms with van der Waals surface area (Å²) in [4.78, 5) is 21.1. The summed E-state index contributed by atoms with van der Waals surface area (Å²) in [6.45, 7) is 0.530. The highest BCUT2D eigenvalue weighted by Gasteiger charge is 2.28. The lowest BCUT2D eigenvalue weighted by Gasteiger charge is -2.13. The topological polar surface area (TPSA) is 76.5 Å². The summed E-state index contributed by atoms with van der Waals surface area (Å²) in [5, 5.41) is 3.70. The number of halogens is 4. The SMILES string of the molecule is Clc1ccc(-c2nc(NCCc3cnccn3)nc(C(Cl)(Cl)Cl)n2)cc1. The normalized spacial score (nSPS) is 11.4. The minimum Gasteiger partial charge on any atom is -0.354 e. The smallest absolute Gasteiger partial charge is 0.250 e. The standard InChI is InChI=1S/C16H12Cl4N6/c17-11-3-1-10(2-4-11)13-24-14(16(18,19)20)26-15(25-13)23-6-5-12-9-21-7-8-22-12/h1-4,7-9H,5-6H2,(H,23,24,25,26). The Morgan fingerprint density at radius 3 is 2.38 bits per heavy atom. The van der Waals surface area contributed by atoms with Gasteiger partial charge in [-0.05, 0) is 24.3 Å². The number of hydrogen-bond donors (Lipinski definition) is 1. The Hall–Kier alpha value is -1.73. The predicted octanol–water partition coefficient (Wildman–Crippen LogP) is 4.46. The van der Waals surface area contributed by atoms with Gasteiger partial charge < -0.3 is 5.32 Å². The number of alkyl halides is 3. The van der Waals surface area contributed by atoms with Crippen LogP contribution >= 0.6 is 46.4 Å². The molecule has 0 fully saturated rings. The van der Waals surface area contributed by atoms with Crippen LogP contribution in [-0.4, -0.2) is 31.5 Å². The number of anilines is 1. The van der Waals surface area contributed by atoms with E-state index in [4.69, 9.17) is 46.4 Å². The molecule has 1 aromatic carbocycles. The monoisotopic (exact) mass is 428 g/mol. The first-order valence-corrected chi connectivity index (χ1v) is 9.01. The van der Waals surface area contributed by atoms with Gasteiger partial charge in [0.2, 0.25) is 9.74 Å². The van der Waals surface area contributed by atoms with Gasteiger partial charge >= 0.3 is 0 Å². The number of rotatable bonds is 5. The Bertz CT molecular complexity index is 868. The van der Waals surface area contributed by atoms with E-state index in [-0.39, 0.29) is 5.82 Å². The van der Waals surface area contributed by atoms with Crippen molar-refractivity contribution in [1.29, 1.82) is 0 Å². The second-order valence-corrected chi connectivity index (χ2v) is 7.90. The molecular weight excluding hydrogens is 418 g/mol. The van der Waals surface area contributed by atoms with E-state index < -0.39 is 3.79 Å². The van der Waals surface area contributed by atoms with E-state index in [1.807, 2.05) is 0 Å². The zero-order chi connectivity index (χ0) is 18.6. The van der Waals surface area contributed by atoms with Crippen LogP contribution in [0.1, 0.15) is 11.5 Å². The van der Waals surface area contributed by atoms with Gasteiger partial charge in [0.05, 0.1) is 5.69 Å². The van der Waals surface area contributed by atoms with E-state index in [2.05, 4.69) is 30.2 Å². The van der Waals surface area contributed by atoms with Crippen LogP contribution < -0.4 is 5.32 Å². The maximum absolute atomic E-state index is 5.96. The summed E-state index contributed by atoms with van der Waals surface area (Å²) in [5.74, 6) is 0.708. The maximum Gasteiger partial charge on any atom is 0.250 e. The zero-order valence-electron chi connectivity index (χ0n) is 13.2. The van der Waals surface area contributed by atoms with Crippen molar-refractivity contribution < 1.29 is 0 Å². The van der Waals surface area contributed by atoms with E-state index in [1.54, 1.807) is 42.9 Å². The lowest BCUT2D eigenvalue weighted by molar-refractivity contribution is 0.889. The van der Waals surface area contributed by atoms with E-state index >= 15 is 0 Å². The molecule has 0 spiro atoms. The van der Waals surface area contributed by atoms with Gasteiger partial charge in [-0.25, -0.2) is 4.98 Å². The van der Waals surface area contributed by atoms with Crippen LogP contribution in [0.3, 0.4) is 0 Å². The number of hydrogen-bond acceptors (Lipinski definition) is 6. The van der Waals surface area contributed by atoms with Crippen molar-refractivity contribution in [2.45, 2.75) is 10.2 Å². The summed E-state index contributed by atoms with van der Waals surface area (Å²) >= 11 is 23.8. The minimum atomic E-state index is -1.77. The predicted molar refractivity (Wildman–Crippen MR) is 104 cm³/mol. The summed E-state index contributed by atoms with van der Waals surface area (Å²) in [6, 6.07) is 7.03. The number of benzene rings is 1. The molecular formula is C16H12Cl4N6. The molecule has 0 atom stereocenters. The van der Waals surface area contributed by atoms with Crippen molar-refractivity contribution in [3.63, 3.8) is 0 Å². The molecule has 0 saturated carbocycles. The van der Waals surface area contributed by atoms with Crippen molar-refractivity contribution in [3.8, 4) is 11.4 Å². The summed E-state index contributed by atoms with van der Waals surface area (Å²) in [7, 11) is 0. The van der Waals surface area contributed by atoms with Gasteiger partial charge in [0.15, 0.2) is 11.6 Å². The van der Waals surface area contributed by atoms with E-state index in [1.165, 1.54) is 0 Å². The van der Waals surface area contributed by atoms with Gasteiger partial charge in [0, 0.05) is 42.1 Å². The Labute approximate surface area is 170 Å². The lowest BCUT2D eigenvalue weighted by Crippen LogP contribution is -2.15. The second-order valence-electron chi connectivity index (χ2n) is 5.18. The van der Waals surface area contributed by atoms with Gasteiger partial charge in [0.25, 0.3) is 0 Å². The second kappa shape index (κ2) is 8.31. The molecule has 0 amide bonds. The highest BCUT2D eigenvalue weighted by molar-refractivity contribution is 6.66. The number of aromatic nitrogens is 5.